The Hall–Kier alpha value is -1.40. The van der Waals surface area contributed by atoms with Crippen LogP contribution >= 0.6 is 0 Å². The molecular formula is C51H99NO5. The molecule has 0 heterocycles. The zero-order valence-electron chi connectivity index (χ0n) is 38.3. The second-order valence-corrected chi connectivity index (χ2v) is 17.5. The van der Waals surface area contributed by atoms with Crippen LogP contribution < -0.4 is 5.32 Å². The highest BCUT2D eigenvalue weighted by Crippen LogP contribution is 2.16. The zero-order chi connectivity index (χ0) is 41.5. The lowest BCUT2D eigenvalue weighted by atomic mass is 10.0. The Morgan fingerprint density at radius 1 is 0.474 bits per heavy atom. The molecule has 6 heteroatoms. The molecule has 2 atom stereocenters. The average molecular weight is 806 g/mol. The molecule has 3 N–H and O–H groups in total. The Labute approximate surface area is 355 Å². The van der Waals surface area contributed by atoms with Gasteiger partial charge in [0, 0.05) is 12.8 Å². The van der Waals surface area contributed by atoms with Crippen LogP contribution in [0.4, 0.5) is 0 Å². The molecule has 0 bridgehead atoms. The number of rotatable bonds is 47. The van der Waals surface area contributed by atoms with Crippen LogP contribution in [0.3, 0.4) is 0 Å². The number of unbranched alkanes of at least 4 members (excludes halogenated alkanes) is 36. The predicted molar refractivity (Wildman–Crippen MR) is 246 cm³/mol. The van der Waals surface area contributed by atoms with E-state index in [-0.39, 0.29) is 18.5 Å². The van der Waals surface area contributed by atoms with E-state index in [4.69, 9.17) is 4.74 Å². The van der Waals surface area contributed by atoms with Gasteiger partial charge in [-0.05, 0) is 32.1 Å². The van der Waals surface area contributed by atoms with Crippen LogP contribution in [0.5, 0.6) is 0 Å². The Morgan fingerprint density at radius 2 is 0.807 bits per heavy atom. The summed E-state index contributed by atoms with van der Waals surface area (Å²) in [4.78, 5) is 24.4. The van der Waals surface area contributed by atoms with E-state index in [1.54, 1.807) is 6.08 Å². The number of nitrogens with one attached hydrogen (secondary N) is 1. The van der Waals surface area contributed by atoms with E-state index in [0.29, 0.717) is 19.4 Å². The summed E-state index contributed by atoms with van der Waals surface area (Å²) in [6.45, 7) is 4.86. The fraction of sp³-hybridized carbons (Fsp3) is 0.922. The first-order valence-corrected chi connectivity index (χ1v) is 25.5. The summed E-state index contributed by atoms with van der Waals surface area (Å²) < 4.78 is 5.47. The van der Waals surface area contributed by atoms with Crippen molar-refractivity contribution in [3.63, 3.8) is 0 Å². The molecular weight excluding hydrogens is 707 g/mol. The summed E-state index contributed by atoms with van der Waals surface area (Å²) >= 11 is 0. The van der Waals surface area contributed by atoms with Crippen LogP contribution in [0.15, 0.2) is 12.2 Å². The number of aliphatic hydroxyl groups is 2. The zero-order valence-corrected chi connectivity index (χ0v) is 38.3. The van der Waals surface area contributed by atoms with Gasteiger partial charge in [0.25, 0.3) is 0 Å². The van der Waals surface area contributed by atoms with Crippen molar-refractivity contribution >= 4 is 11.9 Å². The third-order valence-electron chi connectivity index (χ3n) is 11.8. The summed E-state index contributed by atoms with van der Waals surface area (Å²) in [6.07, 6.45) is 53.6. The first-order chi connectivity index (χ1) is 28.0. The fourth-order valence-corrected chi connectivity index (χ4v) is 7.87. The fourth-order valence-electron chi connectivity index (χ4n) is 7.87. The minimum atomic E-state index is -0.846. The van der Waals surface area contributed by atoms with Gasteiger partial charge in [0.2, 0.25) is 5.91 Å². The maximum Gasteiger partial charge on any atom is 0.305 e. The van der Waals surface area contributed by atoms with E-state index in [1.807, 2.05) is 6.08 Å². The highest BCUT2D eigenvalue weighted by molar-refractivity contribution is 5.76. The lowest BCUT2D eigenvalue weighted by Crippen LogP contribution is -2.45. The van der Waals surface area contributed by atoms with Crippen molar-refractivity contribution < 1.29 is 24.5 Å². The molecule has 0 aliphatic carbocycles. The molecule has 2 unspecified atom stereocenters. The highest BCUT2D eigenvalue weighted by atomic mass is 16.5. The van der Waals surface area contributed by atoms with Crippen LogP contribution in [0, 0.1) is 0 Å². The predicted octanol–water partition coefficient (Wildman–Crippen LogP) is 15.0. The van der Waals surface area contributed by atoms with Crippen LogP contribution in [0.25, 0.3) is 0 Å². The number of carbonyl (C=O) groups is 2. The second-order valence-electron chi connectivity index (χ2n) is 17.5. The molecule has 0 spiro atoms. The van der Waals surface area contributed by atoms with Crippen LogP contribution in [-0.4, -0.2) is 47.4 Å². The normalized spacial score (nSPS) is 12.7. The van der Waals surface area contributed by atoms with Gasteiger partial charge >= 0.3 is 5.97 Å². The monoisotopic (exact) mass is 806 g/mol. The van der Waals surface area contributed by atoms with Gasteiger partial charge in [-0.1, -0.05) is 244 Å². The van der Waals surface area contributed by atoms with Gasteiger partial charge in [0.15, 0.2) is 0 Å². The van der Waals surface area contributed by atoms with E-state index in [9.17, 15) is 19.8 Å². The molecule has 6 nitrogen and oxygen atoms in total. The minimum Gasteiger partial charge on any atom is -0.466 e. The molecule has 338 valence electrons. The first-order valence-electron chi connectivity index (χ1n) is 25.5. The molecule has 0 aromatic carbocycles. The molecule has 0 rings (SSSR count). The van der Waals surface area contributed by atoms with Crippen molar-refractivity contribution in [3.8, 4) is 0 Å². The summed E-state index contributed by atoms with van der Waals surface area (Å²) in [7, 11) is 0. The number of ether oxygens (including phenoxy) is 1. The molecule has 0 aliphatic heterocycles. The smallest absolute Gasteiger partial charge is 0.305 e. The molecule has 1 amide bonds. The van der Waals surface area contributed by atoms with Crippen LogP contribution in [-0.2, 0) is 14.3 Å². The largest absolute Gasteiger partial charge is 0.466 e. The summed E-state index contributed by atoms with van der Waals surface area (Å²) in [6, 6.07) is -0.631. The number of hydrogen-bond acceptors (Lipinski definition) is 5. The van der Waals surface area contributed by atoms with E-state index in [2.05, 4.69) is 19.2 Å². The molecule has 0 aliphatic rings. The van der Waals surface area contributed by atoms with E-state index >= 15 is 0 Å². The van der Waals surface area contributed by atoms with Crippen molar-refractivity contribution in [2.24, 2.45) is 0 Å². The molecule has 0 aromatic rings. The maximum absolute atomic E-state index is 12.4. The van der Waals surface area contributed by atoms with Gasteiger partial charge in [0.05, 0.1) is 25.4 Å². The van der Waals surface area contributed by atoms with Gasteiger partial charge in [-0.25, -0.2) is 0 Å². The third kappa shape index (κ3) is 44.0. The molecule has 0 aromatic heterocycles. The summed E-state index contributed by atoms with van der Waals surface area (Å²) in [5.74, 6) is -0.0760. The number of carbonyl (C=O) groups excluding carboxylic acids is 2. The van der Waals surface area contributed by atoms with Crippen molar-refractivity contribution in [2.75, 3.05) is 13.2 Å². The Bertz CT molecular complexity index is 847. The molecule has 57 heavy (non-hydrogen) atoms. The SMILES string of the molecule is CCCCCCCCC/C=C/C(O)C(CO)NC(=O)CCCCCCCCCCCCCCCCCOC(=O)CCCCCCCCCCCCCCCCCC. The second kappa shape index (κ2) is 47.3. The van der Waals surface area contributed by atoms with Gasteiger partial charge in [-0.2, -0.15) is 0 Å². The third-order valence-corrected chi connectivity index (χ3v) is 11.8. The van der Waals surface area contributed by atoms with Crippen LogP contribution in [0.2, 0.25) is 0 Å². The maximum atomic E-state index is 12.4. The molecule has 0 radical (unpaired) electrons. The standard InChI is InChI=1S/C51H99NO5/c1-3-5-7-9-11-13-14-15-16-19-22-25-29-33-37-41-45-51(56)57-46-42-38-34-30-26-23-20-17-18-21-24-28-32-36-40-44-50(55)52-48(47-53)49(54)43-39-35-31-27-12-10-8-6-4-2/h39,43,48-49,53-54H,3-38,40-42,44-47H2,1-2H3,(H,52,55)/b43-39+. The van der Waals surface area contributed by atoms with Crippen molar-refractivity contribution in [1.82, 2.24) is 5.32 Å². The number of amides is 1. The summed E-state index contributed by atoms with van der Waals surface area (Å²) in [5.41, 5.74) is 0. The Morgan fingerprint density at radius 3 is 1.19 bits per heavy atom. The number of esters is 1. The van der Waals surface area contributed by atoms with Gasteiger partial charge in [0.1, 0.15) is 0 Å². The van der Waals surface area contributed by atoms with E-state index in [1.165, 1.54) is 205 Å². The lowest BCUT2D eigenvalue weighted by molar-refractivity contribution is -0.143. The average Bonchev–Trinajstić information content (AvgIpc) is 3.21. The van der Waals surface area contributed by atoms with Gasteiger partial charge < -0.3 is 20.3 Å². The van der Waals surface area contributed by atoms with E-state index in [0.717, 1.165) is 44.9 Å². The van der Waals surface area contributed by atoms with Crippen LogP contribution in [0.1, 0.15) is 277 Å². The summed E-state index contributed by atoms with van der Waals surface area (Å²) in [5, 5.41) is 22.9. The lowest BCUT2D eigenvalue weighted by Gasteiger charge is -2.20. The molecule has 0 saturated carbocycles. The van der Waals surface area contributed by atoms with Crippen molar-refractivity contribution in [3.05, 3.63) is 12.2 Å². The van der Waals surface area contributed by atoms with Gasteiger partial charge in [-0.15, -0.1) is 0 Å². The molecule has 0 fully saturated rings. The number of aliphatic hydroxyl groups excluding tert-OH is 2. The Kier molecular flexibility index (Phi) is 46.1. The molecule has 0 saturated heterocycles. The number of allylic oxidation sites excluding steroid dienone is 1. The van der Waals surface area contributed by atoms with Gasteiger partial charge in [-0.3, -0.25) is 9.59 Å². The Balaban J connectivity index is 3.40. The number of hydrogen-bond donors (Lipinski definition) is 3. The minimum absolute atomic E-state index is 0.00260. The quantitative estimate of drug-likeness (QED) is 0.0323. The topological polar surface area (TPSA) is 95.9 Å². The van der Waals surface area contributed by atoms with Crippen molar-refractivity contribution in [2.45, 2.75) is 289 Å². The van der Waals surface area contributed by atoms with E-state index < -0.39 is 12.1 Å². The highest BCUT2D eigenvalue weighted by Gasteiger charge is 2.18. The van der Waals surface area contributed by atoms with Crippen molar-refractivity contribution in [1.29, 1.82) is 0 Å². The first kappa shape index (κ1) is 55.6.